The van der Waals surface area contributed by atoms with Crippen molar-refractivity contribution >= 4 is 5.78 Å². The van der Waals surface area contributed by atoms with Gasteiger partial charge in [-0.25, -0.2) is 0 Å². The molecule has 1 aliphatic carbocycles. The molecular formula is C7H10O2. The van der Waals surface area contributed by atoms with Gasteiger partial charge in [-0.05, 0) is 19.8 Å². The van der Waals surface area contributed by atoms with E-state index in [9.17, 15) is 4.79 Å². The van der Waals surface area contributed by atoms with Crippen molar-refractivity contribution in [2.24, 2.45) is 0 Å². The normalized spacial score (nSPS) is 48.6. The highest BCUT2D eigenvalue weighted by Gasteiger charge is 2.59. The number of epoxide rings is 1. The molecule has 0 aromatic heterocycles. The Hall–Kier alpha value is -0.370. The number of Topliss-reactive ketones (excluding diaryl/α,β-unsaturated/α-hetero) is 1. The van der Waals surface area contributed by atoms with Crippen LogP contribution in [-0.2, 0) is 9.53 Å². The minimum absolute atomic E-state index is 0.277. The molecule has 1 heterocycles. The third-order valence-corrected chi connectivity index (χ3v) is 2.37. The Balaban J connectivity index is 2.19. The standard InChI is InChI=1S/C7H10O2/c1-7-5(8)3-2-4-6(7)9-7/h6H,2-4H2,1H3/t6-,7+/m1/s1. The molecule has 2 fully saturated rings. The Morgan fingerprint density at radius 1 is 1.78 bits per heavy atom. The minimum Gasteiger partial charge on any atom is -0.358 e. The first-order valence-electron chi connectivity index (χ1n) is 3.44. The van der Waals surface area contributed by atoms with Gasteiger partial charge in [-0.3, -0.25) is 4.79 Å². The summed E-state index contributed by atoms with van der Waals surface area (Å²) < 4.78 is 5.23. The van der Waals surface area contributed by atoms with Crippen LogP contribution < -0.4 is 0 Å². The number of rotatable bonds is 0. The van der Waals surface area contributed by atoms with Crippen LogP contribution in [0.15, 0.2) is 0 Å². The summed E-state index contributed by atoms with van der Waals surface area (Å²) in [5, 5.41) is 0. The molecule has 0 bridgehead atoms. The summed E-state index contributed by atoms with van der Waals surface area (Å²) in [6.45, 7) is 1.90. The van der Waals surface area contributed by atoms with E-state index in [0.717, 1.165) is 19.3 Å². The summed E-state index contributed by atoms with van der Waals surface area (Å²) in [5.74, 6) is 0.304. The number of ether oxygens (including phenoxy) is 1. The van der Waals surface area contributed by atoms with Crippen molar-refractivity contribution in [1.82, 2.24) is 0 Å². The minimum atomic E-state index is -0.335. The molecule has 0 unspecified atom stereocenters. The van der Waals surface area contributed by atoms with Gasteiger partial charge >= 0.3 is 0 Å². The van der Waals surface area contributed by atoms with Crippen molar-refractivity contribution in [2.75, 3.05) is 0 Å². The van der Waals surface area contributed by atoms with Gasteiger partial charge in [0.25, 0.3) is 0 Å². The van der Waals surface area contributed by atoms with Crippen molar-refractivity contribution in [3.05, 3.63) is 0 Å². The third-order valence-electron chi connectivity index (χ3n) is 2.37. The number of fused-ring (bicyclic) bond motifs is 1. The third kappa shape index (κ3) is 0.568. The first-order chi connectivity index (χ1) is 4.23. The maximum Gasteiger partial charge on any atom is 0.167 e. The lowest BCUT2D eigenvalue weighted by Crippen LogP contribution is -2.26. The predicted molar refractivity (Wildman–Crippen MR) is 32.1 cm³/mol. The first-order valence-corrected chi connectivity index (χ1v) is 3.44. The molecule has 0 aromatic rings. The second-order valence-corrected chi connectivity index (χ2v) is 3.03. The van der Waals surface area contributed by atoms with E-state index >= 15 is 0 Å². The second kappa shape index (κ2) is 1.37. The molecule has 2 heteroatoms. The monoisotopic (exact) mass is 126 g/mol. The van der Waals surface area contributed by atoms with Crippen LogP contribution in [0.25, 0.3) is 0 Å². The molecule has 0 aromatic carbocycles. The number of carbonyl (C=O) groups excluding carboxylic acids is 1. The molecule has 0 N–H and O–H groups in total. The average Bonchev–Trinajstić information content (AvgIpc) is 2.44. The van der Waals surface area contributed by atoms with Crippen LogP contribution in [0, 0.1) is 0 Å². The highest BCUT2D eigenvalue weighted by atomic mass is 16.6. The fourth-order valence-electron chi connectivity index (χ4n) is 1.54. The SMILES string of the molecule is C[C@@]12O[C@@H]1CCCC2=O. The van der Waals surface area contributed by atoms with Gasteiger partial charge in [0.05, 0.1) is 6.10 Å². The molecule has 2 rings (SSSR count). The van der Waals surface area contributed by atoms with Gasteiger partial charge < -0.3 is 4.74 Å². The molecule has 2 nitrogen and oxygen atoms in total. The summed E-state index contributed by atoms with van der Waals surface area (Å²) in [7, 11) is 0. The fourth-order valence-corrected chi connectivity index (χ4v) is 1.54. The van der Waals surface area contributed by atoms with Gasteiger partial charge in [-0.2, -0.15) is 0 Å². The van der Waals surface area contributed by atoms with E-state index in [0.29, 0.717) is 5.78 Å². The maximum atomic E-state index is 11.0. The Morgan fingerprint density at radius 2 is 2.56 bits per heavy atom. The largest absolute Gasteiger partial charge is 0.358 e. The highest BCUT2D eigenvalue weighted by molar-refractivity contribution is 5.90. The van der Waals surface area contributed by atoms with Gasteiger partial charge in [-0.15, -0.1) is 0 Å². The van der Waals surface area contributed by atoms with Crippen molar-refractivity contribution < 1.29 is 9.53 Å². The molecule has 1 aliphatic heterocycles. The van der Waals surface area contributed by atoms with Gasteiger partial charge in [0.1, 0.15) is 5.60 Å². The molecule has 2 aliphatic rings. The summed E-state index contributed by atoms with van der Waals surface area (Å²) in [5.41, 5.74) is -0.335. The van der Waals surface area contributed by atoms with E-state index < -0.39 is 0 Å². The zero-order valence-corrected chi connectivity index (χ0v) is 5.52. The van der Waals surface area contributed by atoms with E-state index in [1.807, 2.05) is 6.92 Å². The number of hydrogen-bond donors (Lipinski definition) is 0. The Kier molecular flexibility index (Phi) is 0.826. The number of hydrogen-bond acceptors (Lipinski definition) is 2. The van der Waals surface area contributed by atoms with E-state index in [-0.39, 0.29) is 11.7 Å². The Morgan fingerprint density at radius 3 is 3.11 bits per heavy atom. The van der Waals surface area contributed by atoms with Crippen LogP contribution in [-0.4, -0.2) is 17.5 Å². The predicted octanol–water partition coefficient (Wildman–Crippen LogP) is 0.897. The van der Waals surface area contributed by atoms with Crippen LogP contribution in [0.4, 0.5) is 0 Å². The fraction of sp³-hybridized carbons (Fsp3) is 0.857. The summed E-state index contributed by atoms with van der Waals surface area (Å²) in [6.07, 6.45) is 3.12. The molecule has 2 atom stereocenters. The van der Waals surface area contributed by atoms with Crippen LogP contribution in [0.3, 0.4) is 0 Å². The highest BCUT2D eigenvalue weighted by Crippen LogP contribution is 2.44. The Bertz CT molecular complexity index is 164. The van der Waals surface area contributed by atoms with Gasteiger partial charge in [-0.1, -0.05) is 0 Å². The van der Waals surface area contributed by atoms with Crippen LogP contribution in [0.1, 0.15) is 26.2 Å². The lowest BCUT2D eigenvalue weighted by atomic mass is 9.90. The molecule has 0 amide bonds. The molecule has 0 radical (unpaired) electrons. The topological polar surface area (TPSA) is 29.6 Å². The molecule has 1 saturated heterocycles. The zero-order valence-electron chi connectivity index (χ0n) is 5.52. The van der Waals surface area contributed by atoms with Crippen molar-refractivity contribution in [3.8, 4) is 0 Å². The maximum absolute atomic E-state index is 11.0. The van der Waals surface area contributed by atoms with Crippen LogP contribution in [0.5, 0.6) is 0 Å². The smallest absolute Gasteiger partial charge is 0.167 e. The number of ketones is 1. The van der Waals surface area contributed by atoms with Gasteiger partial charge in [0, 0.05) is 6.42 Å². The number of carbonyl (C=O) groups is 1. The lowest BCUT2D eigenvalue weighted by Gasteiger charge is -2.09. The zero-order chi connectivity index (χ0) is 6.48. The van der Waals surface area contributed by atoms with Crippen molar-refractivity contribution in [3.63, 3.8) is 0 Å². The van der Waals surface area contributed by atoms with Crippen LogP contribution in [0.2, 0.25) is 0 Å². The second-order valence-electron chi connectivity index (χ2n) is 3.03. The molecule has 0 spiro atoms. The van der Waals surface area contributed by atoms with Gasteiger partial charge in [0.2, 0.25) is 0 Å². The van der Waals surface area contributed by atoms with E-state index in [1.165, 1.54) is 0 Å². The summed E-state index contributed by atoms with van der Waals surface area (Å²) in [4.78, 5) is 11.0. The first kappa shape index (κ1) is 5.42. The van der Waals surface area contributed by atoms with E-state index in [2.05, 4.69) is 0 Å². The quantitative estimate of drug-likeness (QED) is 0.451. The summed E-state index contributed by atoms with van der Waals surface area (Å²) >= 11 is 0. The molecular weight excluding hydrogens is 116 g/mol. The van der Waals surface area contributed by atoms with Crippen molar-refractivity contribution in [2.45, 2.75) is 37.9 Å². The molecule has 9 heavy (non-hydrogen) atoms. The van der Waals surface area contributed by atoms with E-state index in [1.54, 1.807) is 0 Å². The van der Waals surface area contributed by atoms with E-state index in [4.69, 9.17) is 4.74 Å². The lowest BCUT2D eigenvalue weighted by molar-refractivity contribution is -0.124. The summed E-state index contributed by atoms with van der Waals surface area (Å²) in [6, 6.07) is 0. The van der Waals surface area contributed by atoms with Crippen LogP contribution >= 0.6 is 0 Å². The Labute approximate surface area is 54.2 Å². The average molecular weight is 126 g/mol. The molecule has 1 saturated carbocycles. The van der Waals surface area contributed by atoms with Crippen molar-refractivity contribution in [1.29, 1.82) is 0 Å². The molecule has 50 valence electrons. The van der Waals surface area contributed by atoms with Gasteiger partial charge in [0.15, 0.2) is 5.78 Å².